The van der Waals surface area contributed by atoms with Crippen molar-refractivity contribution in [1.82, 2.24) is 19.9 Å². The number of aromatic nitrogens is 3. The van der Waals surface area contributed by atoms with Crippen molar-refractivity contribution in [3.8, 4) is 6.07 Å². The van der Waals surface area contributed by atoms with Gasteiger partial charge in [0.25, 0.3) is 0 Å². The third-order valence-electron chi connectivity index (χ3n) is 4.29. The van der Waals surface area contributed by atoms with Gasteiger partial charge >= 0.3 is 0 Å². The van der Waals surface area contributed by atoms with E-state index in [2.05, 4.69) is 15.0 Å². The predicted molar refractivity (Wildman–Crippen MR) is 86.7 cm³/mol. The molecule has 7 nitrogen and oxygen atoms in total. The second kappa shape index (κ2) is 6.24. The van der Waals surface area contributed by atoms with Crippen LogP contribution in [0.4, 0.5) is 5.82 Å². The first-order valence-corrected chi connectivity index (χ1v) is 7.48. The van der Waals surface area contributed by atoms with Gasteiger partial charge in [-0.15, -0.1) is 0 Å². The summed E-state index contributed by atoms with van der Waals surface area (Å²) in [5.41, 5.74) is 0.376. The normalized spacial score (nSPS) is 26.2. The molecule has 3 heterocycles. The summed E-state index contributed by atoms with van der Waals surface area (Å²) in [4.78, 5) is 26.3. The first kappa shape index (κ1) is 11.9. The van der Waals surface area contributed by atoms with Gasteiger partial charge < -0.3 is 14.8 Å². The van der Waals surface area contributed by atoms with Gasteiger partial charge in [0.2, 0.25) is 5.91 Å². The Hall–Kier alpha value is -2.62. The summed E-state index contributed by atoms with van der Waals surface area (Å²) in [7, 11) is 1.69. The molecule has 1 fully saturated rings. The SMILES string of the molecule is [2H]c1nc(N(C)[C@@]2([2H])CN(C(=O)CC#N)CC[C@H]2C)c2c([2H])c[nH]c2n1. The van der Waals surface area contributed by atoms with E-state index < -0.39 is 6.02 Å². The van der Waals surface area contributed by atoms with E-state index in [9.17, 15) is 4.79 Å². The quantitative estimate of drug-likeness (QED) is 0.928. The Morgan fingerprint density at radius 2 is 2.52 bits per heavy atom. The number of piperidine rings is 1. The van der Waals surface area contributed by atoms with Crippen LogP contribution in [0.2, 0.25) is 0 Å². The Bertz CT molecular complexity index is 894. The number of likely N-dealkylation sites (N-methyl/N-ethyl adjacent to an activating group) is 1. The Kier molecular flexibility index (Phi) is 3.23. The molecule has 0 aliphatic carbocycles. The predicted octanol–water partition coefficient (Wildman–Crippen LogP) is 1.54. The minimum absolute atomic E-state index is 0.0778. The van der Waals surface area contributed by atoms with Crippen LogP contribution in [0.3, 0.4) is 0 Å². The van der Waals surface area contributed by atoms with Crippen molar-refractivity contribution >= 4 is 22.8 Å². The molecule has 0 saturated carbocycles. The Labute approximate surface area is 139 Å². The highest BCUT2D eigenvalue weighted by Crippen LogP contribution is 2.28. The molecule has 1 aliphatic heterocycles. The molecule has 1 amide bonds. The molecule has 7 heteroatoms. The number of hydrogen-bond donors (Lipinski definition) is 1. The van der Waals surface area contributed by atoms with Crippen LogP contribution in [0.15, 0.2) is 18.5 Å². The number of rotatable bonds is 3. The van der Waals surface area contributed by atoms with Gasteiger partial charge in [-0.05, 0) is 18.4 Å². The van der Waals surface area contributed by atoms with Crippen LogP contribution in [0.25, 0.3) is 11.0 Å². The van der Waals surface area contributed by atoms with Crippen LogP contribution in [0.5, 0.6) is 0 Å². The zero-order chi connectivity index (χ0) is 19.1. The Morgan fingerprint density at radius 1 is 1.70 bits per heavy atom. The maximum absolute atomic E-state index is 12.1. The number of aromatic amines is 1. The average Bonchev–Trinajstić information content (AvgIpc) is 2.97. The first-order chi connectivity index (χ1) is 12.3. The molecule has 1 saturated heterocycles. The van der Waals surface area contributed by atoms with Crippen molar-refractivity contribution in [3.05, 3.63) is 18.5 Å². The Balaban J connectivity index is 2.02. The van der Waals surface area contributed by atoms with E-state index in [-0.39, 0.29) is 37.1 Å². The number of carbonyl (C=O) groups is 1. The number of fused-ring (bicyclic) bond motifs is 1. The molecule has 0 bridgehead atoms. The first-order valence-electron chi connectivity index (χ1n) is 8.98. The maximum atomic E-state index is 12.1. The lowest BCUT2D eigenvalue weighted by atomic mass is 9.92. The molecule has 0 spiro atoms. The number of carbonyl (C=O) groups excluding carboxylic acids is 1. The highest BCUT2D eigenvalue weighted by atomic mass is 16.2. The van der Waals surface area contributed by atoms with Crippen molar-refractivity contribution in [2.45, 2.75) is 25.8 Å². The highest BCUT2D eigenvalue weighted by Gasteiger charge is 2.32. The fourth-order valence-corrected chi connectivity index (χ4v) is 2.91. The Morgan fingerprint density at radius 3 is 3.30 bits per heavy atom. The fourth-order valence-electron chi connectivity index (χ4n) is 2.91. The van der Waals surface area contributed by atoms with Gasteiger partial charge in [-0.2, -0.15) is 5.26 Å². The molecule has 0 unspecified atom stereocenters. The number of likely N-dealkylation sites (tertiary alicyclic amines) is 1. The number of nitrogens with zero attached hydrogens (tertiary/aromatic N) is 5. The third kappa shape index (κ3) is 2.84. The number of anilines is 1. The van der Waals surface area contributed by atoms with Crippen LogP contribution in [-0.4, -0.2) is 51.9 Å². The van der Waals surface area contributed by atoms with Gasteiger partial charge in [0.05, 0.1) is 20.2 Å². The summed E-state index contributed by atoms with van der Waals surface area (Å²) in [6, 6.07) is 0.852. The zero-order valence-corrected chi connectivity index (χ0v) is 13.1. The zero-order valence-electron chi connectivity index (χ0n) is 16.1. The molecule has 2 atom stereocenters. The van der Waals surface area contributed by atoms with Crippen LogP contribution in [0.1, 0.15) is 23.9 Å². The minimum Gasteiger partial charge on any atom is -0.354 e. The van der Waals surface area contributed by atoms with Crippen molar-refractivity contribution in [3.63, 3.8) is 0 Å². The van der Waals surface area contributed by atoms with E-state index in [1.807, 2.05) is 13.0 Å². The van der Waals surface area contributed by atoms with Gasteiger partial charge in [-0.3, -0.25) is 4.79 Å². The number of nitrogens with one attached hydrogen (secondary N) is 1. The second-order valence-electron chi connectivity index (χ2n) is 5.69. The summed E-state index contributed by atoms with van der Waals surface area (Å²) in [5.74, 6) is -0.0464. The largest absolute Gasteiger partial charge is 0.354 e. The van der Waals surface area contributed by atoms with Gasteiger partial charge in [0.1, 0.15) is 25.6 Å². The topological polar surface area (TPSA) is 88.9 Å². The van der Waals surface area contributed by atoms with E-state index in [1.54, 1.807) is 11.9 Å². The number of H-pyrrole nitrogens is 1. The molecular formula is C16H20N6O. The standard InChI is InChI=1S/C16H20N6O/c1-11-5-8-22(14(23)3-6-17)9-13(11)21(2)16-12-4-7-18-15(12)19-10-20-16/h4,7,10-11,13H,3,5,8-9H2,1-2H3,(H,18,19,20)/t11-,13+/m1/s1/i4D,10D,13D. The number of hydrogen-bond acceptors (Lipinski definition) is 5. The van der Waals surface area contributed by atoms with Crippen molar-refractivity contribution in [2.24, 2.45) is 5.92 Å². The van der Waals surface area contributed by atoms with Crippen LogP contribution in [0, 0.1) is 17.2 Å². The molecule has 0 radical (unpaired) electrons. The smallest absolute Gasteiger partial charge is 0.236 e. The van der Waals surface area contributed by atoms with E-state index in [1.165, 1.54) is 11.1 Å². The molecule has 1 N–H and O–H groups in total. The summed E-state index contributed by atoms with van der Waals surface area (Å²) in [5, 5.41) is 9.22. The lowest BCUT2D eigenvalue weighted by Gasteiger charge is -2.42. The average molecular weight is 315 g/mol. The van der Waals surface area contributed by atoms with E-state index >= 15 is 0 Å². The fraction of sp³-hybridized carbons (Fsp3) is 0.500. The molecule has 1 aliphatic rings. The summed E-state index contributed by atoms with van der Waals surface area (Å²) in [6.07, 6.45) is 1.68. The van der Waals surface area contributed by atoms with E-state index in [4.69, 9.17) is 9.37 Å². The second-order valence-corrected chi connectivity index (χ2v) is 5.69. The minimum atomic E-state index is -1.19. The van der Waals surface area contributed by atoms with Crippen molar-refractivity contribution in [2.75, 3.05) is 25.0 Å². The molecule has 0 aromatic carbocycles. The molecule has 2 aromatic heterocycles. The number of amides is 1. The molecular weight excluding hydrogens is 292 g/mol. The van der Waals surface area contributed by atoms with Gasteiger partial charge in [-0.1, -0.05) is 6.92 Å². The number of nitriles is 1. The summed E-state index contributed by atoms with van der Waals surface area (Å²) < 4.78 is 24.9. The summed E-state index contributed by atoms with van der Waals surface area (Å²) in [6.45, 7) is 2.57. The lowest BCUT2D eigenvalue weighted by Crippen LogP contribution is -2.52. The van der Waals surface area contributed by atoms with Crippen LogP contribution >= 0.6 is 0 Å². The van der Waals surface area contributed by atoms with Crippen molar-refractivity contribution in [1.29, 1.82) is 5.26 Å². The van der Waals surface area contributed by atoms with Crippen LogP contribution in [-0.2, 0) is 4.79 Å². The highest BCUT2D eigenvalue weighted by molar-refractivity contribution is 5.87. The molecule has 3 rings (SSSR count). The van der Waals surface area contributed by atoms with E-state index in [0.29, 0.717) is 29.8 Å². The van der Waals surface area contributed by atoms with Gasteiger partial charge in [0, 0.05) is 26.3 Å². The van der Waals surface area contributed by atoms with Crippen molar-refractivity contribution < 1.29 is 8.91 Å². The maximum Gasteiger partial charge on any atom is 0.236 e. The monoisotopic (exact) mass is 315 g/mol. The summed E-state index contributed by atoms with van der Waals surface area (Å²) >= 11 is 0. The van der Waals surface area contributed by atoms with Gasteiger partial charge in [-0.25, -0.2) is 9.97 Å². The van der Waals surface area contributed by atoms with E-state index in [0.717, 1.165) is 0 Å². The van der Waals surface area contributed by atoms with Crippen LogP contribution < -0.4 is 4.90 Å². The third-order valence-corrected chi connectivity index (χ3v) is 4.29. The van der Waals surface area contributed by atoms with Gasteiger partial charge in [0.15, 0.2) is 0 Å². The molecule has 2 aromatic rings. The lowest BCUT2D eigenvalue weighted by molar-refractivity contribution is -0.131. The molecule has 23 heavy (non-hydrogen) atoms. The molecule has 120 valence electrons.